The maximum Gasteiger partial charge on any atom is 0.251 e. The molecule has 1 N–H and O–H groups in total. The fraction of sp³-hybridized carbons (Fsp3) is 0.167. The van der Waals surface area contributed by atoms with Crippen LogP contribution in [0.3, 0.4) is 0 Å². The van der Waals surface area contributed by atoms with Crippen molar-refractivity contribution in [2.75, 3.05) is 19.8 Å². The van der Waals surface area contributed by atoms with Gasteiger partial charge in [0.05, 0.1) is 18.0 Å². The van der Waals surface area contributed by atoms with Crippen molar-refractivity contribution in [3.05, 3.63) is 87.9 Å². The van der Waals surface area contributed by atoms with E-state index in [2.05, 4.69) is 45.5 Å². The van der Waals surface area contributed by atoms with Gasteiger partial charge >= 0.3 is 0 Å². The van der Waals surface area contributed by atoms with Gasteiger partial charge in [0.25, 0.3) is 5.91 Å². The third kappa shape index (κ3) is 4.67. The molecule has 4 nitrogen and oxygen atoms in total. The molecule has 152 valence electrons. The van der Waals surface area contributed by atoms with E-state index in [4.69, 9.17) is 9.73 Å². The van der Waals surface area contributed by atoms with E-state index in [-0.39, 0.29) is 5.91 Å². The SMILES string of the molecule is CCOCCNC(=O)c1ccc2c(c1)N=C(c1cccc(Br)c1)c1ccccc1S2. The third-order valence-corrected chi connectivity index (χ3v) is 6.28. The topological polar surface area (TPSA) is 50.7 Å². The number of carbonyl (C=O) groups excluding carboxylic acids is 1. The minimum atomic E-state index is -0.122. The second-order valence-electron chi connectivity index (χ2n) is 6.70. The first kappa shape index (κ1) is 20.8. The molecule has 0 atom stereocenters. The molecule has 6 heteroatoms. The Kier molecular flexibility index (Phi) is 6.67. The maximum atomic E-state index is 12.6. The van der Waals surface area contributed by atoms with Gasteiger partial charge < -0.3 is 10.1 Å². The summed E-state index contributed by atoms with van der Waals surface area (Å²) in [4.78, 5) is 19.7. The molecule has 1 aliphatic rings. The maximum absolute atomic E-state index is 12.6. The van der Waals surface area contributed by atoms with E-state index in [9.17, 15) is 4.79 Å². The molecule has 0 bridgehead atoms. The van der Waals surface area contributed by atoms with E-state index in [1.807, 2.05) is 49.4 Å². The van der Waals surface area contributed by atoms with E-state index in [0.29, 0.717) is 25.3 Å². The van der Waals surface area contributed by atoms with Crippen LogP contribution in [0.15, 0.2) is 86.0 Å². The second kappa shape index (κ2) is 9.60. The molecule has 0 radical (unpaired) electrons. The van der Waals surface area contributed by atoms with Gasteiger partial charge in [-0.25, -0.2) is 4.99 Å². The Morgan fingerprint density at radius 2 is 1.93 bits per heavy atom. The Morgan fingerprint density at radius 3 is 2.77 bits per heavy atom. The largest absolute Gasteiger partial charge is 0.380 e. The molecular formula is C24H21BrN2O2S. The van der Waals surface area contributed by atoms with Crippen LogP contribution in [-0.2, 0) is 4.74 Å². The summed E-state index contributed by atoms with van der Waals surface area (Å²) in [7, 11) is 0. The van der Waals surface area contributed by atoms with Gasteiger partial charge in [-0.15, -0.1) is 0 Å². The summed E-state index contributed by atoms with van der Waals surface area (Å²) in [6.45, 7) is 3.56. The van der Waals surface area contributed by atoms with Gasteiger partial charge in [-0.1, -0.05) is 58.0 Å². The number of ether oxygens (including phenoxy) is 1. The van der Waals surface area contributed by atoms with Crippen molar-refractivity contribution in [3.8, 4) is 0 Å². The monoisotopic (exact) mass is 480 g/mol. The van der Waals surface area contributed by atoms with E-state index >= 15 is 0 Å². The lowest BCUT2D eigenvalue weighted by molar-refractivity contribution is 0.0922. The molecule has 3 aromatic rings. The summed E-state index contributed by atoms with van der Waals surface area (Å²) in [5, 5.41) is 2.90. The highest BCUT2D eigenvalue weighted by molar-refractivity contribution is 9.10. The molecule has 0 aromatic heterocycles. The van der Waals surface area contributed by atoms with Gasteiger partial charge in [-0.05, 0) is 43.3 Å². The summed E-state index contributed by atoms with van der Waals surface area (Å²) in [6, 6.07) is 22.1. The number of nitrogens with one attached hydrogen (secondary N) is 1. The molecule has 1 amide bonds. The lowest BCUT2D eigenvalue weighted by Gasteiger charge is -2.09. The molecule has 30 heavy (non-hydrogen) atoms. The van der Waals surface area contributed by atoms with Crippen LogP contribution in [0.1, 0.15) is 28.4 Å². The Balaban J connectivity index is 1.73. The first-order valence-electron chi connectivity index (χ1n) is 9.77. The number of halogens is 1. The van der Waals surface area contributed by atoms with Crippen molar-refractivity contribution >= 4 is 45.0 Å². The van der Waals surface area contributed by atoms with Crippen LogP contribution >= 0.6 is 27.7 Å². The summed E-state index contributed by atoms with van der Waals surface area (Å²) >= 11 is 5.24. The number of hydrogen-bond donors (Lipinski definition) is 1. The third-order valence-electron chi connectivity index (χ3n) is 4.65. The molecule has 1 aliphatic heterocycles. The lowest BCUT2D eigenvalue weighted by atomic mass is 10.0. The van der Waals surface area contributed by atoms with Crippen molar-refractivity contribution in [1.29, 1.82) is 0 Å². The Morgan fingerprint density at radius 1 is 1.07 bits per heavy atom. The number of nitrogens with zero attached hydrogens (tertiary/aromatic N) is 1. The van der Waals surface area contributed by atoms with Crippen LogP contribution < -0.4 is 5.32 Å². The van der Waals surface area contributed by atoms with E-state index in [0.717, 1.165) is 36.8 Å². The number of aliphatic imine (C=N–C) groups is 1. The van der Waals surface area contributed by atoms with Crippen LogP contribution in [0.25, 0.3) is 0 Å². The van der Waals surface area contributed by atoms with Crippen molar-refractivity contribution in [3.63, 3.8) is 0 Å². The smallest absolute Gasteiger partial charge is 0.251 e. The first-order valence-corrected chi connectivity index (χ1v) is 11.4. The fourth-order valence-corrected chi connectivity index (χ4v) is 4.62. The van der Waals surface area contributed by atoms with Crippen LogP contribution in [0.2, 0.25) is 0 Å². The average Bonchev–Trinajstić information content (AvgIpc) is 2.93. The standard InChI is InChI=1S/C24H21BrN2O2S/c1-2-29-13-12-26-24(28)17-10-11-22-20(15-17)27-23(16-6-5-7-18(25)14-16)19-8-3-4-9-21(19)30-22/h3-11,14-15H,2,12-13H2,1H3,(H,26,28). The highest BCUT2D eigenvalue weighted by Crippen LogP contribution is 2.41. The van der Waals surface area contributed by atoms with E-state index < -0.39 is 0 Å². The van der Waals surface area contributed by atoms with Crippen LogP contribution in [0, 0.1) is 0 Å². The molecule has 0 aliphatic carbocycles. The summed E-state index contributed by atoms with van der Waals surface area (Å²) < 4.78 is 6.29. The van der Waals surface area contributed by atoms with Crippen LogP contribution in [0.5, 0.6) is 0 Å². The van der Waals surface area contributed by atoms with Crippen LogP contribution in [0.4, 0.5) is 5.69 Å². The summed E-state index contributed by atoms with van der Waals surface area (Å²) in [5.74, 6) is -0.122. The zero-order valence-corrected chi connectivity index (χ0v) is 18.9. The average molecular weight is 481 g/mol. The molecule has 0 saturated carbocycles. The molecule has 4 rings (SSSR count). The van der Waals surface area contributed by atoms with Gasteiger partial charge in [-0.2, -0.15) is 0 Å². The molecule has 3 aromatic carbocycles. The van der Waals surface area contributed by atoms with Crippen molar-refractivity contribution in [1.82, 2.24) is 5.32 Å². The van der Waals surface area contributed by atoms with Crippen molar-refractivity contribution in [2.45, 2.75) is 16.7 Å². The predicted molar refractivity (Wildman–Crippen MR) is 125 cm³/mol. The minimum absolute atomic E-state index is 0.122. The zero-order valence-electron chi connectivity index (χ0n) is 16.5. The molecule has 0 fully saturated rings. The summed E-state index contributed by atoms with van der Waals surface area (Å²) in [6.07, 6.45) is 0. The van der Waals surface area contributed by atoms with Gasteiger partial charge in [0.15, 0.2) is 0 Å². The van der Waals surface area contributed by atoms with Crippen molar-refractivity contribution < 1.29 is 9.53 Å². The Bertz CT molecular complexity index is 1110. The molecule has 0 saturated heterocycles. The molecule has 0 unspecified atom stereocenters. The quantitative estimate of drug-likeness (QED) is 0.352. The van der Waals surface area contributed by atoms with E-state index in [1.54, 1.807) is 11.8 Å². The van der Waals surface area contributed by atoms with Gasteiger partial charge in [0.1, 0.15) is 0 Å². The molecule has 1 heterocycles. The summed E-state index contributed by atoms with van der Waals surface area (Å²) in [5.41, 5.74) is 4.39. The number of amides is 1. The number of rotatable bonds is 6. The fourth-order valence-electron chi connectivity index (χ4n) is 3.22. The van der Waals surface area contributed by atoms with Gasteiger partial charge in [0.2, 0.25) is 0 Å². The van der Waals surface area contributed by atoms with Gasteiger partial charge in [0, 0.05) is 44.1 Å². The highest BCUT2D eigenvalue weighted by Gasteiger charge is 2.20. The Labute approximate surface area is 188 Å². The normalized spacial score (nSPS) is 12.4. The minimum Gasteiger partial charge on any atom is -0.380 e. The number of carbonyl (C=O) groups is 1. The molecule has 0 spiro atoms. The van der Waals surface area contributed by atoms with Crippen molar-refractivity contribution in [2.24, 2.45) is 4.99 Å². The first-order chi connectivity index (χ1) is 14.7. The Hall–Kier alpha value is -2.41. The van der Waals surface area contributed by atoms with Crippen LogP contribution in [-0.4, -0.2) is 31.4 Å². The lowest BCUT2D eigenvalue weighted by Crippen LogP contribution is -2.27. The number of fused-ring (bicyclic) bond motifs is 2. The van der Waals surface area contributed by atoms with Gasteiger partial charge in [-0.3, -0.25) is 4.79 Å². The number of benzene rings is 3. The zero-order chi connectivity index (χ0) is 20.9. The number of hydrogen-bond acceptors (Lipinski definition) is 4. The predicted octanol–water partition coefficient (Wildman–Crippen LogP) is 5.85. The second-order valence-corrected chi connectivity index (χ2v) is 8.70. The highest BCUT2D eigenvalue weighted by atomic mass is 79.9. The van der Waals surface area contributed by atoms with E-state index in [1.165, 1.54) is 0 Å². The molecular weight excluding hydrogens is 460 g/mol.